The van der Waals surface area contributed by atoms with Gasteiger partial charge in [0, 0.05) is 25.6 Å². The Labute approximate surface area is 143 Å². The lowest BCUT2D eigenvalue weighted by Gasteiger charge is -2.35. The Morgan fingerprint density at radius 3 is 2.83 bits per heavy atom. The fraction of sp³-hybridized carbons (Fsp3) is 0.737. The molecule has 132 valence electrons. The molecule has 3 saturated heterocycles. The molecular formula is C19H28N2O3. The second-order valence-electron chi connectivity index (χ2n) is 7.62. The summed E-state index contributed by atoms with van der Waals surface area (Å²) in [5, 5.41) is 0. The zero-order valence-corrected chi connectivity index (χ0v) is 14.6. The fourth-order valence-corrected chi connectivity index (χ4v) is 4.57. The number of hydrogen-bond acceptors (Lipinski definition) is 4. The van der Waals surface area contributed by atoms with Gasteiger partial charge >= 0.3 is 0 Å². The second-order valence-corrected chi connectivity index (χ2v) is 7.62. The van der Waals surface area contributed by atoms with Crippen molar-refractivity contribution < 1.29 is 13.9 Å². The second kappa shape index (κ2) is 6.89. The minimum Gasteiger partial charge on any atom is -0.465 e. The number of rotatable bonds is 4. The SMILES string of the molecule is Cc1ccc(CN2CC[C@@H]3[C@@H](CO[C@H]3CC(=O)N3CCCC3)C2)o1. The normalized spacial score (nSPS) is 30.7. The first kappa shape index (κ1) is 16.2. The summed E-state index contributed by atoms with van der Waals surface area (Å²) in [7, 11) is 0. The van der Waals surface area contributed by atoms with Crippen LogP contribution in [0.1, 0.15) is 37.2 Å². The third-order valence-corrected chi connectivity index (χ3v) is 5.89. The van der Waals surface area contributed by atoms with Crippen LogP contribution in [0.15, 0.2) is 16.5 Å². The molecule has 3 atom stereocenters. The fourth-order valence-electron chi connectivity index (χ4n) is 4.57. The van der Waals surface area contributed by atoms with E-state index in [0.717, 1.165) is 70.1 Å². The molecule has 24 heavy (non-hydrogen) atoms. The van der Waals surface area contributed by atoms with E-state index in [1.54, 1.807) is 0 Å². The summed E-state index contributed by atoms with van der Waals surface area (Å²) in [6.07, 6.45) is 4.16. The summed E-state index contributed by atoms with van der Waals surface area (Å²) < 4.78 is 11.7. The lowest BCUT2D eigenvalue weighted by molar-refractivity contribution is -0.133. The van der Waals surface area contributed by atoms with Gasteiger partial charge in [0.15, 0.2) is 0 Å². The zero-order valence-electron chi connectivity index (χ0n) is 14.6. The van der Waals surface area contributed by atoms with Crippen LogP contribution in [0, 0.1) is 18.8 Å². The van der Waals surface area contributed by atoms with E-state index < -0.39 is 0 Å². The van der Waals surface area contributed by atoms with Crippen molar-refractivity contribution in [2.75, 3.05) is 32.8 Å². The number of amides is 1. The van der Waals surface area contributed by atoms with Crippen molar-refractivity contribution in [2.45, 2.75) is 45.3 Å². The van der Waals surface area contributed by atoms with Crippen LogP contribution in [0.5, 0.6) is 0 Å². The van der Waals surface area contributed by atoms with Gasteiger partial charge < -0.3 is 14.1 Å². The largest absolute Gasteiger partial charge is 0.465 e. The van der Waals surface area contributed by atoms with Gasteiger partial charge in [-0.2, -0.15) is 0 Å². The average molecular weight is 332 g/mol. The molecule has 0 unspecified atom stereocenters. The summed E-state index contributed by atoms with van der Waals surface area (Å²) in [6, 6.07) is 4.10. The molecule has 1 aromatic rings. The number of ether oxygens (including phenoxy) is 1. The molecule has 5 heteroatoms. The first-order valence-electron chi connectivity index (χ1n) is 9.36. The summed E-state index contributed by atoms with van der Waals surface area (Å²) in [6.45, 7) is 7.68. The summed E-state index contributed by atoms with van der Waals surface area (Å²) in [5.41, 5.74) is 0. The average Bonchev–Trinajstić information content (AvgIpc) is 3.29. The Kier molecular flexibility index (Phi) is 4.63. The highest BCUT2D eigenvalue weighted by molar-refractivity contribution is 5.77. The predicted molar refractivity (Wildman–Crippen MR) is 90.5 cm³/mol. The lowest BCUT2D eigenvalue weighted by Crippen LogP contribution is -2.42. The van der Waals surface area contributed by atoms with Crippen LogP contribution in [-0.4, -0.2) is 54.6 Å². The van der Waals surface area contributed by atoms with Crippen molar-refractivity contribution in [3.63, 3.8) is 0 Å². The van der Waals surface area contributed by atoms with Crippen molar-refractivity contribution in [1.29, 1.82) is 0 Å². The molecule has 1 aromatic heterocycles. The van der Waals surface area contributed by atoms with E-state index in [1.165, 1.54) is 0 Å². The maximum absolute atomic E-state index is 12.4. The van der Waals surface area contributed by atoms with Gasteiger partial charge in [-0.1, -0.05) is 0 Å². The summed E-state index contributed by atoms with van der Waals surface area (Å²) in [4.78, 5) is 16.9. The highest BCUT2D eigenvalue weighted by Crippen LogP contribution is 2.36. The summed E-state index contributed by atoms with van der Waals surface area (Å²) in [5.74, 6) is 3.43. The maximum atomic E-state index is 12.4. The molecular weight excluding hydrogens is 304 g/mol. The van der Waals surface area contributed by atoms with Gasteiger partial charge in [-0.25, -0.2) is 0 Å². The van der Waals surface area contributed by atoms with E-state index in [1.807, 2.05) is 17.9 Å². The smallest absolute Gasteiger partial charge is 0.225 e. The van der Waals surface area contributed by atoms with Crippen LogP contribution >= 0.6 is 0 Å². The van der Waals surface area contributed by atoms with Gasteiger partial charge in [0.05, 0.1) is 25.7 Å². The van der Waals surface area contributed by atoms with Gasteiger partial charge in [-0.05, 0) is 50.8 Å². The van der Waals surface area contributed by atoms with Crippen molar-refractivity contribution in [3.05, 3.63) is 23.7 Å². The van der Waals surface area contributed by atoms with Crippen molar-refractivity contribution in [2.24, 2.45) is 11.8 Å². The van der Waals surface area contributed by atoms with Crippen LogP contribution in [0.4, 0.5) is 0 Å². The quantitative estimate of drug-likeness (QED) is 0.850. The van der Waals surface area contributed by atoms with Gasteiger partial charge in [0.2, 0.25) is 5.91 Å². The molecule has 3 aliphatic heterocycles. The van der Waals surface area contributed by atoms with Crippen LogP contribution in [0.25, 0.3) is 0 Å². The van der Waals surface area contributed by atoms with E-state index in [9.17, 15) is 4.79 Å². The Balaban J connectivity index is 1.30. The van der Waals surface area contributed by atoms with E-state index in [2.05, 4.69) is 11.0 Å². The van der Waals surface area contributed by atoms with E-state index in [4.69, 9.17) is 9.15 Å². The van der Waals surface area contributed by atoms with Crippen molar-refractivity contribution in [1.82, 2.24) is 9.80 Å². The molecule has 0 bridgehead atoms. The van der Waals surface area contributed by atoms with E-state index in [0.29, 0.717) is 24.2 Å². The third-order valence-electron chi connectivity index (χ3n) is 5.89. The minimum absolute atomic E-state index is 0.135. The number of hydrogen-bond donors (Lipinski definition) is 0. The number of carbonyl (C=O) groups is 1. The molecule has 3 fully saturated rings. The monoisotopic (exact) mass is 332 g/mol. The van der Waals surface area contributed by atoms with Crippen LogP contribution < -0.4 is 0 Å². The number of aryl methyl sites for hydroxylation is 1. The maximum Gasteiger partial charge on any atom is 0.225 e. The number of fused-ring (bicyclic) bond motifs is 1. The molecule has 4 rings (SSSR count). The molecule has 0 saturated carbocycles. The molecule has 0 aliphatic carbocycles. The third kappa shape index (κ3) is 3.38. The lowest BCUT2D eigenvalue weighted by atomic mass is 9.83. The van der Waals surface area contributed by atoms with Crippen molar-refractivity contribution >= 4 is 5.91 Å². The molecule has 0 aromatic carbocycles. The topological polar surface area (TPSA) is 45.9 Å². The Morgan fingerprint density at radius 1 is 1.25 bits per heavy atom. The van der Waals surface area contributed by atoms with Gasteiger partial charge in [-0.15, -0.1) is 0 Å². The standard InChI is InChI=1S/C19H28N2O3/c1-14-4-5-16(24-14)12-20-9-6-17-15(11-20)13-23-18(17)10-19(22)21-7-2-3-8-21/h4-5,15,17-18H,2-3,6-13H2,1H3/t15-,17-,18+/m1/s1. The van der Waals surface area contributed by atoms with Gasteiger partial charge in [-0.3, -0.25) is 9.69 Å². The van der Waals surface area contributed by atoms with Crippen LogP contribution in [0.3, 0.4) is 0 Å². The highest BCUT2D eigenvalue weighted by atomic mass is 16.5. The van der Waals surface area contributed by atoms with Crippen LogP contribution in [-0.2, 0) is 16.1 Å². The number of carbonyl (C=O) groups excluding carboxylic acids is 1. The number of nitrogens with zero attached hydrogens (tertiary/aromatic N) is 2. The molecule has 3 aliphatic rings. The van der Waals surface area contributed by atoms with Gasteiger partial charge in [0.1, 0.15) is 11.5 Å². The number of piperidine rings is 1. The van der Waals surface area contributed by atoms with Gasteiger partial charge in [0.25, 0.3) is 0 Å². The van der Waals surface area contributed by atoms with Crippen molar-refractivity contribution in [3.8, 4) is 0 Å². The first-order chi connectivity index (χ1) is 11.7. The number of furan rings is 1. The number of likely N-dealkylation sites (tertiary alicyclic amines) is 2. The minimum atomic E-state index is 0.135. The van der Waals surface area contributed by atoms with Crippen LogP contribution in [0.2, 0.25) is 0 Å². The highest BCUT2D eigenvalue weighted by Gasteiger charge is 2.42. The molecule has 0 radical (unpaired) electrons. The molecule has 0 N–H and O–H groups in total. The zero-order chi connectivity index (χ0) is 16.5. The molecule has 4 heterocycles. The van der Waals surface area contributed by atoms with E-state index in [-0.39, 0.29) is 6.10 Å². The Morgan fingerprint density at radius 2 is 2.08 bits per heavy atom. The Bertz CT molecular complexity index is 579. The van der Waals surface area contributed by atoms with E-state index >= 15 is 0 Å². The molecule has 1 amide bonds. The summed E-state index contributed by atoms with van der Waals surface area (Å²) >= 11 is 0. The predicted octanol–water partition coefficient (Wildman–Crippen LogP) is 2.44. The first-order valence-corrected chi connectivity index (χ1v) is 9.36. The Hall–Kier alpha value is -1.33. The molecule has 0 spiro atoms. The molecule has 5 nitrogen and oxygen atoms in total.